The van der Waals surface area contributed by atoms with Crippen LogP contribution in [0.5, 0.6) is 0 Å². The summed E-state index contributed by atoms with van der Waals surface area (Å²) in [6, 6.07) is 5.36. The highest BCUT2D eigenvalue weighted by Crippen LogP contribution is 2.42. The Morgan fingerprint density at radius 2 is 2.21 bits per heavy atom. The zero-order valence-corrected chi connectivity index (χ0v) is 16.3. The van der Waals surface area contributed by atoms with E-state index >= 15 is 0 Å². The molecule has 0 aromatic heterocycles. The zero-order valence-electron chi connectivity index (χ0n) is 14.7. The zero-order chi connectivity index (χ0) is 21.1. The predicted octanol–water partition coefficient (Wildman–Crippen LogP) is 0.718. The van der Waals surface area contributed by atoms with Crippen molar-refractivity contribution in [1.82, 2.24) is 9.62 Å². The average Bonchev–Trinajstić information content (AvgIpc) is 2.68. The van der Waals surface area contributed by atoms with Crippen LogP contribution in [0.15, 0.2) is 45.5 Å². The molecule has 1 fully saturated rings. The van der Waals surface area contributed by atoms with Gasteiger partial charge in [0.25, 0.3) is 5.69 Å². The molecule has 1 amide bonds. The number of nitrogens with one attached hydrogen (secondary N) is 1. The molecule has 0 radical (unpaired) electrons. The number of amides is 1. The minimum absolute atomic E-state index is 0.0987. The number of carboxylic acid groups (broad SMARTS) is 1. The van der Waals surface area contributed by atoms with Crippen LogP contribution in [0, 0.1) is 10.1 Å². The lowest BCUT2D eigenvalue weighted by Crippen LogP contribution is -2.68. The van der Waals surface area contributed by atoms with Crippen LogP contribution in [0.2, 0.25) is 0 Å². The number of β-lactam (4-membered cyclic amide) rings is 1. The molecule has 2 heterocycles. The first kappa shape index (κ1) is 20.8. The van der Waals surface area contributed by atoms with Gasteiger partial charge in [-0.25, -0.2) is 9.52 Å². The Kier molecular flexibility index (Phi) is 6.20. The average molecular weight is 437 g/mol. The van der Waals surface area contributed by atoms with E-state index < -0.39 is 34.0 Å². The van der Waals surface area contributed by atoms with Gasteiger partial charge in [-0.3, -0.25) is 24.6 Å². The lowest BCUT2D eigenvalue weighted by molar-refractivity contribution is -0.387. The number of benzene rings is 1. The van der Waals surface area contributed by atoms with Gasteiger partial charge in [0.2, 0.25) is 5.91 Å². The largest absolute Gasteiger partial charge is 0.477 e. The van der Waals surface area contributed by atoms with E-state index in [1.54, 1.807) is 12.1 Å². The van der Waals surface area contributed by atoms with E-state index in [2.05, 4.69) is 9.82 Å². The van der Waals surface area contributed by atoms with Crippen molar-refractivity contribution in [2.24, 2.45) is 10.9 Å². The molecule has 13 heteroatoms. The maximum absolute atomic E-state index is 12.6. The van der Waals surface area contributed by atoms with E-state index in [1.165, 1.54) is 23.9 Å². The summed E-state index contributed by atoms with van der Waals surface area (Å²) in [5.74, 6) is 2.93. The van der Waals surface area contributed by atoms with Crippen molar-refractivity contribution < 1.29 is 24.4 Å². The number of Topliss-reactive ketones (excluding diaryl/α,β-unsaturated/α-hetero) is 1. The van der Waals surface area contributed by atoms with E-state index in [0.29, 0.717) is 10.5 Å². The quantitative estimate of drug-likeness (QED) is 0.132. The number of aliphatic carboxylic acids is 1. The third-order valence-corrected chi connectivity index (χ3v) is 6.49. The van der Waals surface area contributed by atoms with E-state index in [4.69, 9.17) is 5.84 Å². The number of hydrogen-bond acceptors (Lipinski definition) is 10. The predicted molar refractivity (Wildman–Crippen MR) is 106 cm³/mol. The van der Waals surface area contributed by atoms with Gasteiger partial charge in [-0.15, -0.1) is 11.8 Å². The number of thioether (sulfide) groups is 1. The van der Waals surface area contributed by atoms with E-state index in [9.17, 15) is 29.6 Å². The number of para-hydroxylation sites is 1. The van der Waals surface area contributed by atoms with Crippen LogP contribution in [0.1, 0.15) is 6.42 Å². The second-order valence-electron chi connectivity index (χ2n) is 6.01. The summed E-state index contributed by atoms with van der Waals surface area (Å²) < 4.78 is 2.90. The summed E-state index contributed by atoms with van der Waals surface area (Å²) in [5, 5.41) is 23.3. The van der Waals surface area contributed by atoms with Gasteiger partial charge in [0.05, 0.1) is 11.1 Å². The molecule has 0 spiro atoms. The van der Waals surface area contributed by atoms with Crippen molar-refractivity contribution in [1.29, 1.82) is 0 Å². The number of fused-ring (bicyclic) bond motifs is 1. The minimum Gasteiger partial charge on any atom is -0.477 e. The third-order valence-electron chi connectivity index (χ3n) is 4.21. The lowest BCUT2D eigenvalue weighted by atomic mass is 10.0. The van der Waals surface area contributed by atoms with Crippen LogP contribution in [-0.4, -0.2) is 56.0 Å². The molecular weight excluding hydrogens is 422 g/mol. The molecular formula is C16H15N5O6S2. The smallest absolute Gasteiger partial charge is 0.352 e. The number of nitrogens with two attached hydrogens (primary N) is 1. The standard InChI is InChI=1S/C16H15N5O6S2/c17-18-6-9(22)5-8-7-28-15-12(14(23)20(15)13(8)16(24)25)19-29-11-4-2-1-3-10(11)21(26)27/h1-4,6,12,15,19H,5,7,17H2,(H,24,25)/t12?,15-/m0/s1. The van der Waals surface area contributed by atoms with Crippen LogP contribution in [0.4, 0.5) is 5.69 Å². The summed E-state index contributed by atoms with van der Waals surface area (Å²) >= 11 is 2.25. The molecule has 152 valence electrons. The van der Waals surface area contributed by atoms with Crippen LogP contribution < -0.4 is 10.6 Å². The topological polar surface area (TPSA) is 168 Å². The van der Waals surface area contributed by atoms with E-state index in [1.807, 2.05) is 0 Å². The summed E-state index contributed by atoms with van der Waals surface area (Å²) in [4.78, 5) is 48.1. The third kappa shape index (κ3) is 4.11. The first-order valence-electron chi connectivity index (χ1n) is 8.17. The highest BCUT2D eigenvalue weighted by atomic mass is 32.2. The van der Waals surface area contributed by atoms with Gasteiger partial charge >= 0.3 is 5.97 Å². The normalized spacial score (nSPS) is 21.1. The van der Waals surface area contributed by atoms with Crippen molar-refractivity contribution in [3.05, 3.63) is 45.6 Å². The molecule has 2 atom stereocenters. The molecule has 0 aliphatic carbocycles. The van der Waals surface area contributed by atoms with Gasteiger partial charge in [-0.2, -0.15) is 5.10 Å². The number of hydrazone groups is 1. The van der Waals surface area contributed by atoms with Crippen molar-refractivity contribution in [2.75, 3.05) is 5.75 Å². The molecule has 1 unspecified atom stereocenters. The fourth-order valence-corrected chi connectivity index (χ4v) is 5.26. The molecule has 11 nitrogen and oxygen atoms in total. The summed E-state index contributed by atoms with van der Waals surface area (Å²) in [7, 11) is 0. The molecule has 0 bridgehead atoms. The number of carboxylic acids is 1. The Bertz CT molecular complexity index is 949. The number of carbonyl (C=O) groups is 3. The van der Waals surface area contributed by atoms with Gasteiger partial charge in [0.1, 0.15) is 22.0 Å². The Hall–Kier alpha value is -2.90. The summed E-state index contributed by atoms with van der Waals surface area (Å²) in [6.07, 6.45) is 0.698. The summed E-state index contributed by atoms with van der Waals surface area (Å²) in [5.41, 5.74) is -0.00789. The maximum Gasteiger partial charge on any atom is 0.352 e. The van der Waals surface area contributed by atoms with Gasteiger partial charge in [0, 0.05) is 18.2 Å². The van der Waals surface area contributed by atoms with Gasteiger partial charge < -0.3 is 10.9 Å². The van der Waals surface area contributed by atoms with Crippen LogP contribution in [0.25, 0.3) is 0 Å². The lowest BCUT2D eigenvalue weighted by Gasteiger charge is -2.49. The van der Waals surface area contributed by atoms with Crippen LogP contribution in [0.3, 0.4) is 0 Å². The summed E-state index contributed by atoms with van der Waals surface area (Å²) in [6.45, 7) is 0. The van der Waals surface area contributed by atoms with Gasteiger partial charge in [0.15, 0.2) is 5.78 Å². The molecule has 0 saturated carbocycles. The van der Waals surface area contributed by atoms with Crippen molar-refractivity contribution in [3.8, 4) is 0 Å². The Labute approximate surface area is 172 Å². The molecule has 1 aromatic rings. The number of carbonyl (C=O) groups excluding carboxylic acids is 2. The molecule has 1 aromatic carbocycles. The van der Waals surface area contributed by atoms with Gasteiger partial charge in [-0.05, 0) is 23.6 Å². The Balaban J connectivity index is 1.75. The molecule has 2 aliphatic rings. The number of hydrogen-bond donors (Lipinski definition) is 3. The van der Waals surface area contributed by atoms with Crippen molar-refractivity contribution >= 4 is 53.3 Å². The monoisotopic (exact) mass is 437 g/mol. The molecule has 29 heavy (non-hydrogen) atoms. The highest BCUT2D eigenvalue weighted by molar-refractivity contribution is 8.00. The molecule has 4 N–H and O–H groups in total. The molecule has 2 aliphatic heterocycles. The van der Waals surface area contributed by atoms with Crippen molar-refractivity contribution in [3.63, 3.8) is 0 Å². The van der Waals surface area contributed by atoms with Gasteiger partial charge in [-0.1, -0.05) is 12.1 Å². The minimum atomic E-state index is -1.30. The first-order chi connectivity index (χ1) is 13.8. The van der Waals surface area contributed by atoms with E-state index in [-0.39, 0.29) is 23.6 Å². The highest BCUT2D eigenvalue weighted by Gasteiger charge is 2.53. The number of ketones is 1. The first-order valence-corrected chi connectivity index (χ1v) is 10.0. The molecule has 3 rings (SSSR count). The van der Waals surface area contributed by atoms with Crippen molar-refractivity contribution in [2.45, 2.75) is 22.7 Å². The fourth-order valence-electron chi connectivity index (χ4n) is 2.96. The van der Waals surface area contributed by atoms with Crippen LogP contribution in [-0.2, 0) is 14.4 Å². The number of nitrogens with zero attached hydrogens (tertiary/aromatic N) is 3. The number of rotatable bonds is 8. The SMILES string of the molecule is NN=CC(=O)CC1=C(C(=O)O)N2C(=O)C(NSc3ccccc3[N+](=O)[O-])[C@@H]2SC1. The Morgan fingerprint density at radius 1 is 1.48 bits per heavy atom. The number of nitro groups is 1. The second kappa shape index (κ2) is 8.63. The number of nitro benzene ring substituents is 1. The van der Waals surface area contributed by atoms with E-state index in [0.717, 1.165) is 23.1 Å². The fraction of sp³-hybridized carbons (Fsp3) is 0.250. The maximum atomic E-state index is 12.6. The van der Waals surface area contributed by atoms with Crippen LogP contribution >= 0.6 is 23.7 Å². The molecule has 1 saturated heterocycles. The Morgan fingerprint density at radius 3 is 2.86 bits per heavy atom. The second-order valence-corrected chi connectivity index (χ2v) is 8.00.